The van der Waals surface area contributed by atoms with E-state index in [1.807, 2.05) is 11.0 Å². The van der Waals surface area contributed by atoms with Gasteiger partial charge in [-0.25, -0.2) is 0 Å². The van der Waals surface area contributed by atoms with Crippen molar-refractivity contribution in [2.45, 2.75) is 26.3 Å². The van der Waals surface area contributed by atoms with Gasteiger partial charge in [-0.15, -0.1) is 0 Å². The number of nitrogens with zero attached hydrogens (tertiary/aromatic N) is 4. The molecular weight excluding hydrogens is 340 g/mol. The summed E-state index contributed by atoms with van der Waals surface area (Å²) in [7, 11) is 0. The summed E-state index contributed by atoms with van der Waals surface area (Å²) in [6.45, 7) is 8.44. The second kappa shape index (κ2) is 8.19. The fraction of sp³-hybridized carbons (Fsp3) is 0.381. The first-order valence-electron chi connectivity index (χ1n) is 9.22. The van der Waals surface area contributed by atoms with Crippen LogP contribution < -0.4 is 4.90 Å². The fourth-order valence-corrected chi connectivity index (χ4v) is 3.42. The van der Waals surface area contributed by atoms with Gasteiger partial charge in [0.15, 0.2) is 0 Å². The van der Waals surface area contributed by atoms with Gasteiger partial charge in [-0.2, -0.15) is 5.26 Å². The monoisotopic (exact) mass is 364 g/mol. The van der Waals surface area contributed by atoms with E-state index in [2.05, 4.69) is 43.0 Å². The van der Waals surface area contributed by atoms with E-state index in [1.165, 1.54) is 17.2 Å². The van der Waals surface area contributed by atoms with E-state index < -0.39 is 4.92 Å². The van der Waals surface area contributed by atoms with Crippen LogP contribution in [0.5, 0.6) is 0 Å². The molecule has 0 N–H and O–H groups in total. The molecule has 1 saturated heterocycles. The van der Waals surface area contributed by atoms with Crippen LogP contribution in [-0.4, -0.2) is 36.0 Å². The second-order valence-electron chi connectivity index (χ2n) is 7.23. The van der Waals surface area contributed by atoms with Gasteiger partial charge in [0.25, 0.3) is 5.69 Å². The van der Waals surface area contributed by atoms with Crippen LogP contribution >= 0.6 is 0 Å². The van der Waals surface area contributed by atoms with E-state index >= 15 is 0 Å². The van der Waals surface area contributed by atoms with Crippen LogP contribution in [0.25, 0.3) is 0 Å². The van der Waals surface area contributed by atoms with Crippen molar-refractivity contribution in [2.75, 3.05) is 31.1 Å². The Morgan fingerprint density at radius 2 is 1.78 bits per heavy atom. The van der Waals surface area contributed by atoms with Gasteiger partial charge in [0, 0.05) is 38.8 Å². The molecule has 6 nitrogen and oxygen atoms in total. The topological polar surface area (TPSA) is 73.4 Å². The van der Waals surface area contributed by atoms with Crippen LogP contribution in [0.2, 0.25) is 0 Å². The average molecular weight is 364 g/mol. The molecule has 1 fully saturated rings. The Morgan fingerprint density at radius 1 is 1.11 bits per heavy atom. The Hall–Kier alpha value is -2.91. The van der Waals surface area contributed by atoms with E-state index in [0.29, 0.717) is 17.2 Å². The molecule has 2 aromatic rings. The van der Waals surface area contributed by atoms with Gasteiger partial charge >= 0.3 is 0 Å². The van der Waals surface area contributed by atoms with Gasteiger partial charge in [0.05, 0.1) is 16.6 Å². The van der Waals surface area contributed by atoms with Crippen molar-refractivity contribution in [1.82, 2.24) is 4.90 Å². The average Bonchev–Trinajstić information content (AvgIpc) is 2.68. The van der Waals surface area contributed by atoms with Gasteiger partial charge in [-0.05, 0) is 29.2 Å². The van der Waals surface area contributed by atoms with Crippen molar-refractivity contribution < 1.29 is 4.92 Å². The molecule has 2 aromatic carbocycles. The quantitative estimate of drug-likeness (QED) is 0.594. The Morgan fingerprint density at radius 3 is 2.33 bits per heavy atom. The molecule has 0 aromatic heterocycles. The minimum atomic E-state index is -0.404. The number of nitro groups is 1. The van der Waals surface area contributed by atoms with Gasteiger partial charge in [0.1, 0.15) is 5.69 Å². The molecule has 27 heavy (non-hydrogen) atoms. The highest BCUT2D eigenvalue weighted by molar-refractivity contribution is 5.65. The zero-order valence-electron chi connectivity index (χ0n) is 15.8. The molecule has 6 heteroatoms. The Kier molecular flexibility index (Phi) is 5.72. The number of rotatable bonds is 5. The van der Waals surface area contributed by atoms with Crippen molar-refractivity contribution in [2.24, 2.45) is 0 Å². The minimum Gasteiger partial charge on any atom is -0.363 e. The predicted molar refractivity (Wildman–Crippen MR) is 106 cm³/mol. The van der Waals surface area contributed by atoms with Crippen molar-refractivity contribution in [3.63, 3.8) is 0 Å². The standard InChI is InChI=1S/C21H24N4O2/c1-16(2)19-6-3-17(4-7-19)15-23-9-11-24(12-10-23)20-8-5-18(14-22)13-21(20)25(26)27/h3-8,13,16H,9-12,15H2,1-2H3. The second-order valence-corrected chi connectivity index (χ2v) is 7.23. The lowest BCUT2D eigenvalue weighted by Gasteiger charge is -2.35. The summed E-state index contributed by atoms with van der Waals surface area (Å²) in [6.07, 6.45) is 0. The van der Waals surface area contributed by atoms with Crippen molar-refractivity contribution >= 4 is 11.4 Å². The number of nitriles is 1. The zero-order valence-corrected chi connectivity index (χ0v) is 15.8. The molecular formula is C21H24N4O2. The third-order valence-electron chi connectivity index (χ3n) is 5.07. The van der Waals surface area contributed by atoms with Crippen LogP contribution in [-0.2, 0) is 6.54 Å². The summed E-state index contributed by atoms with van der Waals surface area (Å²) in [4.78, 5) is 15.4. The van der Waals surface area contributed by atoms with Crippen LogP contribution in [0.15, 0.2) is 42.5 Å². The largest absolute Gasteiger partial charge is 0.363 e. The molecule has 0 atom stereocenters. The lowest BCUT2D eigenvalue weighted by molar-refractivity contribution is -0.384. The summed E-state index contributed by atoms with van der Waals surface area (Å²) in [5.41, 5.74) is 3.55. The Bertz CT molecular complexity index is 847. The number of benzene rings is 2. The smallest absolute Gasteiger partial charge is 0.293 e. The zero-order chi connectivity index (χ0) is 19.4. The maximum Gasteiger partial charge on any atom is 0.293 e. The molecule has 0 bridgehead atoms. The third kappa shape index (κ3) is 4.44. The Labute approximate surface area is 159 Å². The Balaban J connectivity index is 1.64. The van der Waals surface area contributed by atoms with Crippen LogP contribution in [0.4, 0.5) is 11.4 Å². The van der Waals surface area contributed by atoms with Gasteiger partial charge in [-0.3, -0.25) is 15.0 Å². The highest BCUT2D eigenvalue weighted by Gasteiger charge is 2.24. The number of hydrogen-bond acceptors (Lipinski definition) is 5. The molecule has 0 saturated carbocycles. The van der Waals surface area contributed by atoms with E-state index in [9.17, 15) is 10.1 Å². The normalized spacial score (nSPS) is 15.0. The first kappa shape index (κ1) is 18.9. The molecule has 140 valence electrons. The predicted octanol–water partition coefficient (Wildman–Crippen LogP) is 3.91. The van der Waals surface area contributed by atoms with Crippen molar-refractivity contribution in [1.29, 1.82) is 5.26 Å². The molecule has 1 aliphatic heterocycles. The first-order chi connectivity index (χ1) is 13.0. The maximum absolute atomic E-state index is 11.4. The number of anilines is 1. The fourth-order valence-electron chi connectivity index (χ4n) is 3.42. The third-order valence-corrected chi connectivity index (χ3v) is 5.07. The van der Waals surface area contributed by atoms with Gasteiger partial charge < -0.3 is 4.90 Å². The van der Waals surface area contributed by atoms with E-state index in [-0.39, 0.29) is 5.69 Å². The molecule has 1 aliphatic rings. The molecule has 1 heterocycles. The van der Waals surface area contributed by atoms with Crippen LogP contribution in [0.1, 0.15) is 36.5 Å². The summed E-state index contributed by atoms with van der Waals surface area (Å²) in [6, 6.07) is 15.4. The minimum absolute atomic E-state index is 0.00627. The number of piperazine rings is 1. The molecule has 0 amide bonds. The number of hydrogen-bond donors (Lipinski definition) is 0. The lowest BCUT2D eigenvalue weighted by atomic mass is 10.0. The summed E-state index contributed by atoms with van der Waals surface area (Å²) >= 11 is 0. The van der Waals surface area contributed by atoms with Crippen molar-refractivity contribution in [3.8, 4) is 6.07 Å². The number of nitro benzene ring substituents is 1. The molecule has 0 unspecified atom stereocenters. The maximum atomic E-state index is 11.4. The van der Waals surface area contributed by atoms with Crippen LogP contribution in [0, 0.1) is 21.4 Å². The van der Waals surface area contributed by atoms with Gasteiger partial charge in [-0.1, -0.05) is 38.1 Å². The molecule has 0 radical (unpaired) electrons. The van der Waals surface area contributed by atoms with E-state index in [1.54, 1.807) is 12.1 Å². The van der Waals surface area contributed by atoms with Crippen molar-refractivity contribution in [3.05, 3.63) is 69.3 Å². The highest BCUT2D eigenvalue weighted by atomic mass is 16.6. The lowest BCUT2D eigenvalue weighted by Crippen LogP contribution is -2.46. The SMILES string of the molecule is CC(C)c1ccc(CN2CCN(c3ccc(C#N)cc3[N+](=O)[O-])CC2)cc1. The molecule has 0 aliphatic carbocycles. The molecule has 3 rings (SSSR count). The first-order valence-corrected chi connectivity index (χ1v) is 9.22. The highest BCUT2D eigenvalue weighted by Crippen LogP contribution is 2.30. The molecule has 0 spiro atoms. The van der Waals surface area contributed by atoms with E-state index in [4.69, 9.17) is 5.26 Å². The summed E-state index contributed by atoms with van der Waals surface area (Å²) < 4.78 is 0. The van der Waals surface area contributed by atoms with E-state index in [0.717, 1.165) is 32.7 Å². The van der Waals surface area contributed by atoms with Crippen LogP contribution in [0.3, 0.4) is 0 Å². The summed E-state index contributed by atoms with van der Waals surface area (Å²) in [5.74, 6) is 0.533. The summed E-state index contributed by atoms with van der Waals surface area (Å²) in [5, 5.41) is 20.3. The van der Waals surface area contributed by atoms with Gasteiger partial charge in [0.2, 0.25) is 0 Å².